The molecule has 18 heavy (non-hydrogen) atoms. The molecule has 0 spiro atoms. The zero-order valence-corrected chi connectivity index (χ0v) is 12.6. The van der Waals surface area contributed by atoms with E-state index in [0.29, 0.717) is 0 Å². The van der Waals surface area contributed by atoms with E-state index in [4.69, 9.17) is 11.6 Å². The van der Waals surface area contributed by atoms with Crippen LogP contribution in [0.3, 0.4) is 0 Å². The first-order chi connectivity index (χ1) is 8.69. The molecule has 4 heteroatoms. The molecule has 0 fully saturated rings. The molecule has 96 valence electrons. The highest BCUT2D eigenvalue weighted by Gasteiger charge is 2.00. The molecule has 0 aliphatic rings. The lowest BCUT2D eigenvalue weighted by Gasteiger charge is -2.06. The molecule has 1 aromatic heterocycles. The maximum absolute atomic E-state index is 6.05. The first-order valence-corrected chi connectivity index (χ1v) is 7.19. The first kappa shape index (κ1) is 13.5. The van der Waals surface area contributed by atoms with Crippen LogP contribution in [0, 0.1) is 0 Å². The molecule has 0 bridgehead atoms. The summed E-state index contributed by atoms with van der Waals surface area (Å²) >= 11 is 9.43. The quantitative estimate of drug-likeness (QED) is 0.824. The van der Waals surface area contributed by atoms with Crippen molar-refractivity contribution >= 4 is 33.2 Å². The number of aromatic nitrogens is 1. The molecule has 2 aromatic rings. The van der Waals surface area contributed by atoms with Crippen LogP contribution in [0.25, 0.3) is 0 Å². The summed E-state index contributed by atoms with van der Waals surface area (Å²) < 4.78 is 3.13. The molecule has 0 radical (unpaired) electrons. The highest BCUT2D eigenvalue weighted by atomic mass is 79.9. The predicted octanol–water partition coefficient (Wildman–Crippen LogP) is 4.93. The number of nitrogens with zero attached hydrogens (tertiary/aromatic N) is 1. The van der Waals surface area contributed by atoms with Crippen molar-refractivity contribution in [3.8, 4) is 0 Å². The summed E-state index contributed by atoms with van der Waals surface area (Å²) in [6, 6.07) is 8.03. The van der Waals surface area contributed by atoms with Gasteiger partial charge in [-0.1, -0.05) is 18.5 Å². The Balaban J connectivity index is 1.95. The van der Waals surface area contributed by atoms with Crippen LogP contribution in [-0.4, -0.2) is 4.57 Å². The minimum atomic E-state index is 0.726. The molecule has 1 aromatic carbocycles. The molecule has 0 atom stereocenters. The van der Waals surface area contributed by atoms with Gasteiger partial charge in [0, 0.05) is 35.6 Å². The Bertz CT molecular complexity index is 522. The minimum Gasteiger partial charge on any atom is -0.381 e. The lowest BCUT2D eigenvalue weighted by molar-refractivity contribution is 0.682. The van der Waals surface area contributed by atoms with Crippen LogP contribution >= 0.6 is 27.5 Å². The van der Waals surface area contributed by atoms with E-state index in [1.165, 1.54) is 5.56 Å². The van der Waals surface area contributed by atoms with Crippen LogP contribution < -0.4 is 5.32 Å². The van der Waals surface area contributed by atoms with E-state index in [0.717, 1.165) is 34.7 Å². The number of benzene rings is 1. The summed E-state index contributed by atoms with van der Waals surface area (Å²) in [4.78, 5) is 0. The van der Waals surface area contributed by atoms with Crippen molar-refractivity contribution in [3.05, 3.63) is 51.7 Å². The highest BCUT2D eigenvalue weighted by molar-refractivity contribution is 9.10. The first-order valence-electron chi connectivity index (χ1n) is 6.02. The number of anilines is 1. The van der Waals surface area contributed by atoms with Gasteiger partial charge in [-0.25, -0.2) is 0 Å². The van der Waals surface area contributed by atoms with Crippen molar-refractivity contribution in [2.75, 3.05) is 5.32 Å². The molecule has 1 heterocycles. The van der Waals surface area contributed by atoms with Crippen molar-refractivity contribution in [1.82, 2.24) is 4.57 Å². The molecule has 0 unspecified atom stereocenters. The average molecular weight is 328 g/mol. The number of hydrogen-bond donors (Lipinski definition) is 1. The molecular weight excluding hydrogens is 312 g/mol. The second kappa shape index (κ2) is 6.30. The monoisotopic (exact) mass is 326 g/mol. The molecule has 2 nitrogen and oxygen atoms in total. The normalized spacial score (nSPS) is 10.6. The Morgan fingerprint density at radius 2 is 2.17 bits per heavy atom. The van der Waals surface area contributed by atoms with E-state index in [2.05, 4.69) is 51.2 Å². The second-order valence-electron chi connectivity index (χ2n) is 4.24. The van der Waals surface area contributed by atoms with Gasteiger partial charge in [0.05, 0.1) is 5.02 Å². The third-order valence-electron chi connectivity index (χ3n) is 2.71. The lowest BCUT2D eigenvalue weighted by atomic mass is 10.3. The van der Waals surface area contributed by atoms with Gasteiger partial charge in [-0.2, -0.15) is 0 Å². The Hall–Kier alpha value is -0.930. The van der Waals surface area contributed by atoms with Crippen molar-refractivity contribution in [3.63, 3.8) is 0 Å². The average Bonchev–Trinajstić information content (AvgIpc) is 2.79. The standard InChI is InChI=1S/C14H16BrClN2/c1-2-6-18-7-5-11(10-18)9-17-12-3-4-13(15)14(16)8-12/h3-5,7-8,10,17H,2,6,9H2,1H3. The van der Waals surface area contributed by atoms with Crippen LogP contribution in [0.1, 0.15) is 18.9 Å². The van der Waals surface area contributed by atoms with E-state index in [-0.39, 0.29) is 0 Å². The topological polar surface area (TPSA) is 17.0 Å². The predicted molar refractivity (Wildman–Crippen MR) is 81.2 cm³/mol. The van der Waals surface area contributed by atoms with Gasteiger partial charge in [-0.15, -0.1) is 0 Å². The molecule has 0 aliphatic heterocycles. The lowest BCUT2D eigenvalue weighted by Crippen LogP contribution is -1.98. The Morgan fingerprint density at radius 3 is 2.89 bits per heavy atom. The van der Waals surface area contributed by atoms with Gasteiger partial charge < -0.3 is 9.88 Å². The number of hydrogen-bond acceptors (Lipinski definition) is 1. The summed E-state index contributed by atoms with van der Waals surface area (Å²) in [7, 11) is 0. The third kappa shape index (κ3) is 3.53. The molecular formula is C14H16BrClN2. The van der Waals surface area contributed by atoms with Gasteiger partial charge in [0.25, 0.3) is 0 Å². The summed E-state index contributed by atoms with van der Waals surface area (Å²) in [6.45, 7) is 4.07. The van der Waals surface area contributed by atoms with E-state index in [1.54, 1.807) is 0 Å². The summed E-state index contributed by atoms with van der Waals surface area (Å²) in [5, 5.41) is 4.09. The fourth-order valence-electron chi connectivity index (χ4n) is 1.80. The van der Waals surface area contributed by atoms with Crippen LogP contribution in [0.4, 0.5) is 5.69 Å². The van der Waals surface area contributed by atoms with Gasteiger partial charge in [0.1, 0.15) is 0 Å². The van der Waals surface area contributed by atoms with Gasteiger partial charge in [-0.05, 0) is 52.2 Å². The second-order valence-corrected chi connectivity index (χ2v) is 5.50. The SMILES string of the molecule is CCCn1ccc(CNc2ccc(Br)c(Cl)c2)c1. The van der Waals surface area contributed by atoms with E-state index in [9.17, 15) is 0 Å². The molecule has 0 saturated heterocycles. The van der Waals surface area contributed by atoms with E-state index in [1.807, 2.05) is 18.2 Å². The van der Waals surface area contributed by atoms with Gasteiger partial charge >= 0.3 is 0 Å². The fourth-order valence-corrected chi connectivity index (χ4v) is 2.23. The molecule has 2 rings (SSSR count). The third-order valence-corrected chi connectivity index (χ3v) is 3.94. The Labute approximate surface area is 121 Å². The van der Waals surface area contributed by atoms with Crippen LogP contribution in [-0.2, 0) is 13.1 Å². The number of nitrogens with one attached hydrogen (secondary N) is 1. The van der Waals surface area contributed by atoms with Crippen molar-refractivity contribution in [2.24, 2.45) is 0 Å². The maximum atomic E-state index is 6.05. The van der Waals surface area contributed by atoms with E-state index < -0.39 is 0 Å². The largest absolute Gasteiger partial charge is 0.381 e. The van der Waals surface area contributed by atoms with Gasteiger partial charge in [0.15, 0.2) is 0 Å². The summed E-state index contributed by atoms with van der Waals surface area (Å²) in [5.41, 5.74) is 2.31. The van der Waals surface area contributed by atoms with Crippen molar-refractivity contribution in [2.45, 2.75) is 26.4 Å². The molecule has 0 aliphatic carbocycles. The number of aryl methyl sites for hydroxylation is 1. The number of halogens is 2. The van der Waals surface area contributed by atoms with Crippen molar-refractivity contribution in [1.29, 1.82) is 0 Å². The maximum Gasteiger partial charge on any atom is 0.0568 e. The Kier molecular flexibility index (Phi) is 4.72. The fraction of sp³-hybridized carbons (Fsp3) is 0.286. The van der Waals surface area contributed by atoms with Gasteiger partial charge in [0.2, 0.25) is 0 Å². The number of rotatable bonds is 5. The zero-order chi connectivity index (χ0) is 13.0. The van der Waals surface area contributed by atoms with Crippen LogP contribution in [0.2, 0.25) is 5.02 Å². The molecule has 0 amide bonds. The van der Waals surface area contributed by atoms with Crippen molar-refractivity contribution < 1.29 is 0 Å². The minimum absolute atomic E-state index is 0.726. The summed E-state index contributed by atoms with van der Waals surface area (Å²) in [5.74, 6) is 0. The highest BCUT2D eigenvalue weighted by Crippen LogP contribution is 2.25. The van der Waals surface area contributed by atoms with Gasteiger partial charge in [-0.3, -0.25) is 0 Å². The zero-order valence-electron chi connectivity index (χ0n) is 10.3. The van der Waals surface area contributed by atoms with Crippen LogP contribution in [0.15, 0.2) is 41.1 Å². The molecule has 0 saturated carbocycles. The summed E-state index contributed by atoms with van der Waals surface area (Å²) in [6.07, 6.45) is 5.45. The molecule has 1 N–H and O–H groups in total. The Morgan fingerprint density at radius 1 is 1.33 bits per heavy atom. The smallest absolute Gasteiger partial charge is 0.0568 e. The van der Waals surface area contributed by atoms with E-state index >= 15 is 0 Å². The van der Waals surface area contributed by atoms with Crippen LogP contribution in [0.5, 0.6) is 0 Å².